The van der Waals surface area contributed by atoms with Crippen molar-refractivity contribution in [3.05, 3.63) is 122 Å². The lowest BCUT2D eigenvalue weighted by Gasteiger charge is -2.38. The van der Waals surface area contributed by atoms with Crippen molar-refractivity contribution in [1.82, 2.24) is 0 Å². The fraction of sp³-hybridized carbons (Fsp3) is 0.531. The SMILES string of the molecule is CC/C=C\C/C=C\C/C=C\C/C=C\C/C=C\C/C=C\CCC(=O)OCC(COC1OC(C(=O)O)C(O)C(O)C1O)OC(=O)CCCC/C=C\C/C=C\C/C=C\C/C=C\CC. The molecule has 0 spiro atoms. The summed E-state index contributed by atoms with van der Waals surface area (Å²) in [6, 6.07) is 0. The zero-order valence-electron chi connectivity index (χ0n) is 35.9. The van der Waals surface area contributed by atoms with Gasteiger partial charge in [0.1, 0.15) is 24.9 Å². The second-order valence-electron chi connectivity index (χ2n) is 14.1. The smallest absolute Gasteiger partial charge is 0.335 e. The predicted octanol–water partition coefficient (Wildman–Crippen LogP) is 9.19. The third kappa shape index (κ3) is 28.9. The molecule has 6 unspecified atom stereocenters. The van der Waals surface area contributed by atoms with E-state index in [2.05, 4.69) is 123 Å². The van der Waals surface area contributed by atoms with Crippen molar-refractivity contribution in [3.63, 3.8) is 0 Å². The lowest BCUT2D eigenvalue weighted by Crippen LogP contribution is -2.60. The highest BCUT2D eigenvalue weighted by molar-refractivity contribution is 5.73. The maximum absolute atomic E-state index is 12.7. The van der Waals surface area contributed by atoms with Crippen LogP contribution in [0.4, 0.5) is 0 Å². The first kappa shape index (κ1) is 53.6. The van der Waals surface area contributed by atoms with Crippen LogP contribution >= 0.6 is 0 Å². The standard InChI is InChI=1S/C49H72O11/c1-3-5-7-9-11-13-15-17-19-20-21-22-24-25-27-29-31-33-35-37-42(50)57-39-41(40-58-49-46(54)44(52)45(53)47(60-49)48(55)56)59-43(51)38-36-34-32-30-28-26-23-18-16-14-12-10-8-6-4-2/h5-8,11-14,17-19,21-23,25,27-28,30-31,33,41,44-47,49,52-54H,3-4,9-10,15-16,20,24,26,29,32,34-40H2,1-2H3,(H,55,56)/b7-5-,8-6-,13-11-,14-12-,19-17-,22-21-,23-18-,27-25-,30-28-,33-31-. The summed E-state index contributed by atoms with van der Waals surface area (Å²) >= 11 is 0. The van der Waals surface area contributed by atoms with Crippen LogP contribution < -0.4 is 0 Å². The van der Waals surface area contributed by atoms with Gasteiger partial charge in [-0.3, -0.25) is 9.59 Å². The number of aliphatic hydroxyl groups excluding tert-OH is 3. The monoisotopic (exact) mass is 837 g/mol. The lowest BCUT2D eigenvalue weighted by atomic mass is 9.99. The van der Waals surface area contributed by atoms with Gasteiger partial charge < -0.3 is 39.4 Å². The summed E-state index contributed by atoms with van der Waals surface area (Å²) in [6.45, 7) is 3.45. The Morgan fingerprint density at radius 1 is 0.517 bits per heavy atom. The number of esters is 2. The third-order valence-electron chi connectivity index (χ3n) is 8.82. The minimum atomic E-state index is -1.88. The summed E-state index contributed by atoms with van der Waals surface area (Å²) in [6.07, 6.45) is 44.1. The van der Waals surface area contributed by atoms with E-state index in [4.69, 9.17) is 18.9 Å². The first-order valence-corrected chi connectivity index (χ1v) is 21.6. The molecular formula is C49H72O11. The molecule has 6 atom stereocenters. The van der Waals surface area contributed by atoms with Gasteiger partial charge in [-0.05, 0) is 89.9 Å². The van der Waals surface area contributed by atoms with E-state index in [-0.39, 0.29) is 19.4 Å². The van der Waals surface area contributed by atoms with Crippen molar-refractivity contribution in [1.29, 1.82) is 0 Å². The molecular weight excluding hydrogens is 765 g/mol. The quantitative estimate of drug-likeness (QED) is 0.0283. The number of rotatable bonds is 33. The Bertz CT molecular complexity index is 1450. The maximum Gasteiger partial charge on any atom is 0.335 e. The van der Waals surface area contributed by atoms with Gasteiger partial charge in [0, 0.05) is 12.8 Å². The molecule has 4 N–H and O–H groups in total. The summed E-state index contributed by atoms with van der Waals surface area (Å²) in [5.41, 5.74) is 0. The Morgan fingerprint density at radius 3 is 1.40 bits per heavy atom. The molecule has 1 saturated heterocycles. The molecule has 1 aliphatic heterocycles. The van der Waals surface area contributed by atoms with E-state index < -0.39 is 61.3 Å². The van der Waals surface area contributed by atoms with Crippen molar-refractivity contribution in [2.24, 2.45) is 0 Å². The number of carboxylic acid groups (broad SMARTS) is 1. The zero-order chi connectivity index (χ0) is 43.9. The fourth-order valence-electron chi connectivity index (χ4n) is 5.48. The van der Waals surface area contributed by atoms with E-state index >= 15 is 0 Å². The average Bonchev–Trinajstić information content (AvgIpc) is 3.23. The summed E-state index contributed by atoms with van der Waals surface area (Å²) in [5.74, 6) is -2.63. The highest BCUT2D eigenvalue weighted by Gasteiger charge is 2.47. The molecule has 0 aromatic heterocycles. The maximum atomic E-state index is 12.7. The molecule has 60 heavy (non-hydrogen) atoms. The zero-order valence-corrected chi connectivity index (χ0v) is 35.9. The van der Waals surface area contributed by atoms with Gasteiger partial charge in [0.25, 0.3) is 0 Å². The number of aliphatic hydroxyl groups is 3. The van der Waals surface area contributed by atoms with Gasteiger partial charge in [-0.25, -0.2) is 4.79 Å². The molecule has 1 heterocycles. The topological polar surface area (TPSA) is 169 Å². The Balaban J connectivity index is 2.49. The normalized spacial score (nSPS) is 21.0. The van der Waals surface area contributed by atoms with E-state index in [1.165, 1.54) is 0 Å². The van der Waals surface area contributed by atoms with E-state index in [0.717, 1.165) is 77.0 Å². The number of hydrogen-bond acceptors (Lipinski definition) is 10. The molecule has 0 aromatic rings. The molecule has 334 valence electrons. The summed E-state index contributed by atoms with van der Waals surface area (Å²) in [4.78, 5) is 36.8. The Hall–Kier alpha value is -4.39. The van der Waals surface area contributed by atoms with Crippen LogP contribution in [0.1, 0.15) is 117 Å². The number of aliphatic carboxylic acids is 1. The molecule has 0 aliphatic carbocycles. The van der Waals surface area contributed by atoms with E-state index in [0.29, 0.717) is 12.8 Å². The van der Waals surface area contributed by atoms with Gasteiger partial charge in [-0.15, -0.1) is 0 Å². The van der Waals surface area contributed by atoms with Crippen LogP contribution in [0.3, 0.4) is 0 Å². The Labute approximate surface area is 358 Å². The number of allylic oxidation sites excluding steroid dienone is 20. The largest absolute Gasteiger partial charge is 0.479 e. The number of carbonyl (C=O) groups is 3. The Morgan fingerprint density at radius 2 is 0.950 bits per heavy atom. The van der Waals surface area contributed by atoms with Gasteiger partial charge in [0.05, 0.1) is 6.61 Å². The number of unbranched alkanes of at least 4 members (excludes halogenated alkanes) is 2. The molecule has 11 heteroatoms. The summed E-state index contributed by atoms with van der Waals surface area (Å²) < 4.78 is 21.6. The average molecular weight is 837 g/mol. The molecule has 1 aliphatic rings. The van der Waals surface area contributed by atoms with E-state index in [9.17, 15) is 34.8 Å². The van der Waals surface area contributed by atoms with Crippen LogP contribution in [0.2, 0.25) is 0 Å². The minimum absolute atomic E-state index is 0.0931. The molecule has 0 aromatic carbocycles. The second-order valence-corrected chi connectivity index (χ2v) is 14.1. The van der Waals surface area contributed by atoms with E-state index in [1.54, 1.807) is 0 Å². The summed E-state index contributed by atoms with van der Waals surface area (Å²) in [7, 11) is 0. The van der Waals surface area contributed by atoms with Crippen LogP contribution in [0.15, 0.2) is 122 Å². The minimum Gasteiger partial charge on any atom is -0.479 e. The van der Waals surface area contributed by atoms with Gasteiger partial charge in [0.2, 0.25) is 0 Å². The van der Waals surface area contributed by atoms with Crippen molar-refractivity contribution >= 4 is 17.9 Å². The van der Waals surface area contributed by atoms with Crippen LogP contribution in [0.5, 0.6) is 0 Å². The van der Waals surface area contributed by atoms with Crippen LogP contribution in [0, 0.1) is 0 Å². The number of carboxylic acids is 1. The molecule has 0 saturated carbocycles. The fourth-order valence-corrected chi connectivity index (χ4v) is 5.48. The molecule has 0 radical (unpaired) electrons. The van der Waals surface area contributed by atoms with Crippen molar-refractivity contribution in [2.45, 2.75) is 153 Å². The van der Waals surface area contributed by atoms with Gasteiger partial charge in [-0.2, -0.15) is 0 Å². The second kappa shape index (κ2) is 37.6. The van der Waals surface area contributed by atoms with Crippen molar-refractivity contribution in [3.8, 4) is 0 Å². The highest BCUT2D eigenvalue weighted by Crippen LogP contribution is 2.23. The predicted molar refractivity (Wildman–Crippen MR) is 238 cm³/mol. The highest BCUT2D eigenvalue weighted by atomic mass is 16.7. The molecule has 11 nitrogen and oxygen atoms in total. The van der Waals surface area contributed by atoms with E-state index in [1.807, 2.05) is 12.2 Å². The van der Waals surface area contributed by atoms with Crippen LogP contribution in [-0.2, 0) is 33.3 Å². The van der Waals surface area contributed by atoms with Crippen molar-refractivity contribution < 1.29 is 53.8 Å². The lowest BCUT2D eigenvalue weighted by molar-refractivity contribution is -0.298. The first-order valence-electron chi connectivity index (χ1n) is 21.6. The summed E-state index contributed by atoms with van der Waals surface area (Å²) in [5, 5.41) is 39.8. The molecule has 1 rings (SSSR count). The molecule has 0 amide bonds. The molecule has 1 fully saturated rings. The van der Waals surface area contributed by atoms with Gasteiger partial charge in [0.15, 0.2) is 18.5 Å². The third-order valence-corrected chi connectivity index (χ3v) is 8.82. The number of hydrogen-bond donors (Lipinski definition) is 4. The van der Waals surface area contributed by atoms with Gasteiger partial charge >= 0.3 is 17.9 Å². The van der Waals surface area contributed by atoms with Crippen molar-refractivity contribution in [2.75, 3.05) is 13.2 Å². The van der Waals surface area contributed by atoms with Crippen LogP contribution in [-0.4, -0.2) is 88.4 Å². The van der Waals surface area contributed by atoms with Crippen LogP contribution in [0.25, 0.3) is 0 Å². The molecule has 0 bridgehead atoms. The first-order chi connectivity index (χ1) is 29.2. The van der Waals surface area contributed by atoms with Gasteiger partial charge in [-0.1, -0.05) is 135 Å². The Kier molecular flexibility index (Phi) is 33.6. The number of ether oxygens (including phenoxy) is 4. The number of carbonyl (C=O) groups excluding carboxylic acids is 2.